The molecule has 0 fully saturated rings. The Labute approximate surface area is 178 Å². The maximum atomic E-state index is 7.01. The molecule has 0 radical (unpaired) electrons. The average Bonchev–Trinajstić information content (AvgIpc) is 3.12. The summed E-state index contributed by atoms with van der Waals surface area (Å²) >= 11 is 7.01. The molecule has 29 heavy (non-hydrogen) atoms. The molecule has 1 unspecified atom stereocenters. The molecule has 4 aromatic carbocycles. The van der Waals surface area contributed by atoms with Crippen LogP contribution in [0.25, 0.3) is 38.7 Å². The summed E-state index contributed by atoms with van der Waals surface area (Å²) < 4.78 is 0. The predicted molar refractivity (Wildman–Crippen MR) is 131 cm³/mol. The Bertz CT molecular complexity index is 1280. The highest BCUT2D eigenvalue weighted by atomic mass is 35.6. The van der Waals surface area contributed by atoms with E-state index in [-0.39, 0.29) is 0 Å². The topological polar surface area (TPSA) is 0 Å². The third kappa shape index (κ3) is 2.96. The summed E-state index contributed by atoms with van der Waals surface area (Å²) in [6.07, 6.45) is 3.48. The van der Waals surface area contributed by atoms with Crippen LogP contribution in [-0.4, -0.2) is 7.38 Å². The molecule has 0 saturated carbocycles. The summed E-state index contributed by atoms with van der Waals surface area (Å²) in [5, 5.41) is 5.24. The second kappa shape index (κ2) is 6.86. The summed E-state index contributed by atoms with van der Waals surface area (Å²) in [5.74, 6) is 0. The lowest BCUT2D eigenvalue weighted by Gasteiger charge is -2.26. The van der Waals surface area contributed by atoms with Crippen molar-refractivity contribution in [1.82, 2.24) is 0 Å². The number of allylic oxidation sites excluding steroid dienone is 1. The van der Waals surface area contributed by atoms with Crippen LogP contribution >= 0.6 is 11.1 Å². The molecule has 2 heteroatoms. The number of hydrogen-bond acceptors (Lipinski definition) is 0. The van der Waals surface area contributed by atoms with Crippen molar-refractivity contribution in [2.45, 2.75) is 32.0 Å². The van der Waals surface area contributed by atoms with Crippen molar-refractivity contribution in [3.8, 4) is 11.1 Å². The van der Waals surface area contributed by atoms with Crippen molar-refractivity contribution in [2.75, 3.05) is 0 Å². The zero-order valence-corrected chi connectivity index (χ0v) is 18.9. The van der Waals surface area contributed by atoms with E-state index in [1.54, 1.807) is 0 Å². The largest absolute Gasteiger partial charge is 0.167 e. The van der Waals surface area contributed by atoms with E-state index in [1.807, 2.05) is 0 Å². The van der Waals surface area contributed by atoms with Crippen LogP contribution in [0.15, 0.2) is 78.4 Å². The molecule has 1 aliphatic rings. The minimum absolute atomic E-state index is 0.399. The molecule has 0 nitrogen and oxygen atoms in total. The van der Waals surface area contributed by atoms with Crippen LogP contribution in [0.2, 0.25) is 13.1 Å². The van der Waals surface area contributed by atoms with Crippen molar-refractivity contribution in [3.05, 3.63) is 89.5 Å². The molecule has 1 atom stereocenters. The van der Waals surface area contributed by atoms with Crippen LogP contribution in [0.5, 0.6) is 0 Å². The first-order chi connectivity index (χ1) is 14.0. The van der Waals surface area contributed by atoms with E-state index in [0.717, 1.165) is 6.42 Å². The van der Waals surface area contributed by atoms with Gasteiger partial charge in [0.05, 0.1) is 0 Å². The van der Waals surface area contributed by atoms with Crippen LogP contribution < -0.4 is 0 Å². The smallest absolute Gasteiger partial charge is 0.161 e. The molecule has 0 spiro atoms. The fraction of sp³-hybridized carbons (Fsp3) is 0.185. The van der Waals surface area contributed by atoms with Crippen LogP contribution in [0.1, 0.15) is 30.0 Å². The van der Waals surface area contributed by atoms with E-state index in [2.05, 4.69) is 98.9 Å². The van der Waals surface area contributed by atoms with Crippen molar-refractivity contribution in [1.29, 1.82) is 0 Å². The molecule has 0 aromatic heterocycles. The number of hydrogen-bond donors (Lipinski definition) is 0. The highest BCUT2D eigenvalue weighted by Gasteiger charge is 2.38. The summed E-state index contributed by atoms with van der Waals surface area (Å²) in [7, 11) is -1.88. The van der Waals surface area contributed by atoms with Crippen molar-refractivity contribution in [3.63, 3.8) is 0 Å². The van der Waals surface area contributed by atoms with Crippen LogP contribution in [0.4, 0.5) is 0 Å². The SMILES string of the molecule is CCC1=Cc2c(-c3cc4ccccc4c4ccccc34)cccc2C1[Si](C)(C)Cl. The maximum absolute atomic E-state index is 7.01. The predicted octanol–water partition coefficient (Wildman–Crippen LogP) is 8.53. The van der Waals surface area contributed by atoms with Gasteiger partial charge in [-0.15, -0.1) is 0 Å². The maximum Gasteiger partial charge on any atom is 0.161 e. The molecule has 0 saturated heterocycles. The van der Waals surface area contributed by atoms with Gasteiger partial charge in [-0.25, -0.2) is 0 Å². The normalized spacial score (nSPS) is 16.3. The Balaban J connectivity index is 1.84. The Morgan fingerprint density at radius 1 is 0.793 bits per heavy atom. The molecule has 1 aliphatic carbocycles. The molecular weight excluding hydrogens is 388 g/mol. The zero-order valence-electron chi connectivity index (χ0n) is 17.2. The van der Waals surface area contributed by atoms with E-state index in [4.69, 9.17) is 11.1 Å². The van der Waals surface area contributed by atoms with E-state index >= 15 is 0 Å². The Morgan fingerprint density at radius 2 is 1.48 bits per heavy atom. The van der Waals surface area contributed by atoms with Gasteiger partial charge < -0.3 is 0 Å². The monoisotopic (exact) mass is 412 g/mol. The molecular formula is C27H25ClSi. The fourth-order valence-corrected chi connectivity index (χ4v) is 8.03. The lowest BCUT2D eigenvalue weighted by Crippen LogP contribution is -2.28. The van der Waals surface area contributed by atoms with Gasteiger partial charge >= 0.3 is 0 Å². The number of benzene rings is 4. The van der Waals surface area contributed by atoms with Crippen LogP contribution in [0.3, 0.4) is 0 Å². The summed E-state index contributed by atoms with van der Waals surface area (Å²) in [6, 6.07) is 26.7. The van der Waals surface area contributed by atoms with Gasteiger partial charge in [-0.1, -0.05) is 98.4 Å². The Kier molecular flexibility index (Phi) is 4.42. The van der Waals surface area contributed by atoms with Gasteiger partial charge in [0.25, 0.3) is 0 Å². The number of rotatable bonds is 3. The zero-order chi connectivity index (χ0) is 20.2. The highest BCUT2D eigenvalue weighted by molar-refractivity contribution is 7.20. The van der Waals surface area contributed by atoms with Crippen LogP contribution in [-0.2, 0) is 0 Å². The first-order valence-corrected chi connectivity index (χ1v) is 14.5. The van der Waals surface area contributed by atoms with Gasteiger partial charge in [0.15, 0.2) is 7.38 Å². The van der Waals surface area contributed by atoms with Gasteiger partial charge in [-0.2, -0.15) is 11.1 Å². The quantitative estimate of drug-likeness (QED) is 0.179. The summed E-state index contributed by atoms with van der Waals surface area (Å²) in [5.41, 5.74) is 7.32. The third-order valence-corrected chi connectivity index (χ3v) is 9.01. The average molecular weight is 413 g/mol. The molecule has 0 aliphatic heterocycles. The fourth-order valence-electron chi connectivity index (χ4n) is 5.09. The molecule has 0 amide bonds. The second-order valence-corrected chi connectivity index (χ2v) is 15.2. The van der Waals surface area contributed by atoms with Crippen LogP contribution in [0, 0.1) is 0 Å². The molecule has 0 bridgehead atoms. The minimum atomic E-state index is -1.88. The third-order valence-electron chi connectivity index (χ3n) is 6.30. The Hall–Kier alpha value is -2.35. The molecule has 144 valence electrons. The second-order valence-electron chi connectivity index (χ2n) is 8.57. The standard InChI is InChI=1S/C27H25ClSi/c1-4-18-16-26-23(14-9-15-24(26)27(18)29(2,3)28)25-17-19-10-5-6-11-20(19)21-12-7-8-13-22(21)25/h5-17,27H,4H2,1-3H3. The summed E-state index contributed by atoms with van der Waals surface area (Å²) in [4.78, 5) is 0. The lowest BCUT2D eigenvalue weighted by molar-refractivity contribution is 0.985. The van der Waals surface area contributed by atoms with Gasteiger partial charge in [0, 0.05) is 5.54 Å². The molecule has 0 heterocycles. The number of halogens is 1. The van der Waals surface area contributed by atoms with Gasteiger partial charge in [0.1, 0.15) is 0 Å². The van der Waals surface area contributed by atoms with Gasteiger partial charge in [-0.05, 0) is 56.3 Å². The van der Waals surface area contributed by atoms with E-state index in [0.29, 0.717) is 5.54 Å². The van der Waals surface area contributed by atoms with E-state index in [1.165, 1.54) is 49.4 Å². The van der Waals surface area contributed by atoms with E-state index < -0.39 is 7.38 Å². The highest BCUT2D eigenvalue weighted by Crippen LogP contribution is 2.48. The van der Waals surface area contributed by atoms with Gasteiger partial charge in [0.2, 0.25) is 0 Å². The van der Waals surface area contributed by atoms with Crippen molar-refractivity contribution < 1.29 is 0 Å². The Morgan fingerprint density at radius 3 is 2.21 bits per heavy atom. The van der Waals surface area contributed by atoms with E-state index in [9.17, 15) is 0 Å². The summed E-state index contributed by atoms with van der Waals surface area (Å²) in [6.45, 7) is 6.80. The first kappa shape index (κ1) is 18.7. The molecule has 0 N–H and O–H groups in total. The van der Waals surface area contributed by atoms with Gasteiger partial charge in [-0.3, -0.25) is 0 Å². The minimum Gasteiger partial charge on any atom is -0.167 e. The lowest BCUT2D eigenvalue weighted by atomic mass is 9.90. The molecule has 5 rings (SSSR count). The van der Waals surface area contributed by atoms with Crippen molar-refractivity contribution in [2.24, 2.45) is 0 Å². The number of fused-ring (bicyclic) bond motifs is 4. The van der Waals surface area contributed by atoms with Crippen molar-refractivity contribution >= 4 is 46.1 Å². The first-order valence-electron chi connectivity index (χ1n) is 10.4. The molecule has 4 aromatic rings.